The second-order valence-electron chi connectivity index (χ2n) is 6.02. The van der Waals surface area contributed by atoms with E-state index in [0.717, 1.165) is 35.5 Å². The van der Waals surface area contributed by atoms with Crippen LogP contribution in [-0.4, -0.2) is 29.5 Å². The normalized spacial score (nSPS) is 14.4. The number of alkyl halides is 1. The summed E-state index contributed by atoms with van der Waals surface area (Å²) >= 11 is 5.63. The lowest BCUT2D eigenvalue weighted by Gasteiger charge is -2.24. The molecule has 0 saturated carbocycles. The summed E-state index contributed by atoms with van der Waals surface area (Å²) in [4.78, 5) is 14.1. The highest BCUT2D eigenvalue weighted by Gasteiger charge is 2.23. The standard InChI is InChI=1S/C19H21ClN2O2/c1-13(23)22-18-5-3-2-4-14(18)6-7-15-8-9-16(10-19(15)22)21-12-17(24)11-20/h2-5,8-10,17,21,24H,6-7,11-12H2,1H3. The minimum absolute atomic E-state index is 0.0106. The zero-order valence-electron chi connectivity index (χ0n) is 13.6. The van der Waals surface area contributed by atoms with Gasteiger partial charge < -0.3 is 10.4 Å². The number of aliphatic hydroxyl groups is 1. The average molecular weight is 345 g/mol. The number of halogens is 1. The number of nitrogens with one attached hydrogen (secondary N) is 1. The van der Waals surface area contributed by atoms with Gasteiger partial charge >= 0.3 is 0 Å². The number of fused-ring (bicyclic) bond motifs is 2. The molecule has 1 amide bonds. The van der Waals surface area contributed by atoms with Crippen molar-refractivity contribution in [1.82, 2.24) is 0 Å². The Morgan fingerprint density at radius 2 is 1.92 bits per heavy atom. The van der Waals surface area contributed by atoms with E-state index < -0.39 is 6.10 Å². The fourth-order valence-corrected chi connectivity index (χ4v) is 3.17. The summed E-state index contributed by atoms with van der Waals surface area (Å²) in [5.41, 5.74) is 5.03. The van der Waals surface area contributed by atoms with Gasteiger partial charge in [-0.1, -0.05) is 24.3 Å². The van der Waals surface area contributed by atoms with Gasteiger partial charge in [0.1, 0.15) is 0 Å². The summed E-state index contributed by atoms with van der Waals surface area (Å²) in [7, 11) is 0. The van der Waals surface area contributed by atoms with Crippen molar-refractivity contribution >= 4 is 34.6 Å². The van der Waals surface area contributed by atoms with Crippen molar-refractivity contribution in [3.63, 3.8) is 0 Å². The Labute approximate surface area is 147 Å². The highest BCUT2D eigenvalue weighted by Crippen LogP contribution is 2.37. The molecule has 0 saturated heterocycles. The van der Waals surface area contributed by atoms with Gasteiger partial charge in [-0.3, -0.25) is 9.69 Å². The monoisotopic (exact) mass is 344 g/mol. The molecule has 0 radical (unpaired) electrons. The van der Waals surface area contributed by atoms with Gasteiger partial charge in [0.25, 0.3) is 0 Å². The number of carbonyl (C=O) groups excluding carboxylic acids is 1. The number of hydrogen-bond donors (Lipinski definition) is 2. The molecular formula is C19H21ClN2O2. The summed E-state index contributed by atoms with van der Waals surface area (Å²) in [6.07, 6.45) is 1.20. The molecule has 126 valence electrons. The van der Waals surface area contributed by atoms with Crippen LogP contribution in [0.5, 0.6) is 0 Å². The second kappa shape index (κ2) is 7.24. The first-order valence-corrected chi connectivity index (χ1v) is 8.63. The number of amides is 1. The van der Waals surface area contributed by atoms with E-state index in [0.29, 0.717) is 6.54 Å². The van der Waals surface area contributed by atoms with E-state index in [4.69, 9.17) is 11.6 Å². The van der Waals surface area contributed by atoms with E-state index in [1.807, 2.05) is 36.4 Å². The number of aryl methyl sites for hydroxylation is 2. The minimum atomic E-state index is -0.602. The Morgan fingerprint density at radius 1 is 1.21 bits per heavy atom. The molecule has 1 unspecified atom stereocenters. The largest absolute Gasteiger partial charge is 0.390 e. The first kappa shape index (κ1) is 16.8. The molecule has 5 heteroatoms. The lowest BCUT2D eigenvalue weighted by Crippen LogP contribution is -2.24. The number of benzene rings is 2. The highest BCUT2D eigenvalue weighted by atomic mass is 35.5. The Kier molecular flexibility index (Phi) is 5.07. The Balaban J connectivity index is 1.99. The van der Waals surface area contributed by atoms with Crippen molar-refractivity contribution in [1.29, 1.82) is 0 Å². The number of rotatable bonds is 4. The molecule has 0 aromatic heterocycles. The third kappa shape index (κ3) is 3.40. The van der Waals surface area contributed by atoms with Crippen molar-refractivity contribution in [3.05, 3.63) is 53.6 Å². The quantitative estimate of drug-likeness (QED) is 0.835. The number of anilines is 3. The molecule has 4 nitrogen and oxygen atoms in total. The maximum atomic E-state index is 12.3. The molecule has 1 aliphatic heterocycles. The third-order valence-electron chi connectivity index (χ3n) is 4.26. The van der Waals surface area contributed by atoms with Gasteiger partial charge in [0, 0.05) is 19.2 Å². The predicted octanol–water partition coefficient (Wildman–Crippen LogP) is 3.48. The van der Waals surface area contributed by atoms with Crippen LogP contribution in [0.1, 0.15) is 18.1 Å². The fourth-order valence-electron chi connectivity index (χ4n) is 3.06. The van der Waals surface area contributed by atoms with E-state index in [1.165, 1.54) is 5.56 Å². The SMILES string of the molecule is CC(=O)N1c2ccccc2CCc2ccc(NCC(O)CCl)cc21. The summed E-state index contributed by atoms with van der Waals surface area (Å²) in [5.74, 6) is 0.175. The number of nitrogens with zero attached hydrogens (tertiary/aromatic N) is 1. The lowest BCUT2D eigenvalue weighted by atomic mass is 10.0. The van der Waals surface area contributed by atoms with Crippen LogP contribution in [-0.2, 0) is 17.6 Å². The number of carbonyl (C=O) groups is 1. The van der Waals surface area contributed by atoms with Crippen LogP contribution in [0.3, 0.4) is 0 Å². The van der Waals surface area contributed by atoms with E-state index in [2.05, 4.69) is 11.4 Å². The van der Waals surface area contributed by atoms with Gasteiger partial charge in [0.05, 0.1) is 23.4 Å². The number of para-hydroxylation sites is 1. The molecule has 2 aromatic rings. The molecule has 1 atom stereocenters. The van der Waals surface area contributed by atoms with Crippen LogP contribution in [0.15, 0.2) is 42.5 Å². The summed E-state index contributed by atoms with van der Waals surface area (Å²) in [6, 6.07) is 14.0. The highest BCUT2D eigenvalue weighted by molar-refractivity contribution is 6.18. The molecule has 24 heavy (non-hydrogen) atoms. The molecule has 1 heterocycles. The number of aliphatic hydroxyl groups excluding tert-OH is 1. The first-order chi connectivity index (χ1) is 11.6. The molecule has 0 fully saturated rings. The zero-order chi connectivity index (χ0) is 17.1. The van der Waals surface area contributed by atoms with Crippen molar-refractivity contribution in [2.24, 2.45) is 0 Å². The van der Waals surface area contributed by atoms with E-state index in [-0.39, 0.29) is 11.8 Å². The minimum Gasteiger partial charge on any atom is -0.390 e. The Bertz CT molecular complexity index is 748. The van der Waals surface area contributed by atoms with Crippen LogP contribution in [0.25, 0.3) is 0 Å². The van der Waals surface area contributed by atoms with Gasteiger partial charge in [0.15, 0.2) is 0 Å². The van der Waals surface area contributed by atoms with Crippen molar-refractivity contribution in [3.8, 4) is 0 Å². The average Bonchev–Trinajstić information content (AvgIpc) is 2.75. The zero-order valence-corrected chi connectivity index (χ0v) is 14.4. The summed E-state index contributed by atoms with van der Waals surface area (Å²) in [5, 5.41) is 12.8. The molecule has 3 rings (SSSR count). The van der Waals surface area contributed by atoms with Gasteiger partial charge in [-0.15, -0.1) is 11.6 Å². The Morgan fingerprint density at radius 3 is 2.62 bits per heavy atom. The smallest absolute Gasteiger partial charge is 0.228 e. The van der Waals surface area contributed by atoms with Crippen LogP contribution in [0.4, 0.5) is 17.1 Å². The van der Waals surface area contributed by atoms with Crippen LogP contribution in [0.2, 0.25) is 0 Å². The van der Waals surface area contributed by atoms with E-state index >= 15 is 0 Å². The van der Waals surface area contributed by atoms with Crippen molar-refractivity contribution in [2.45, 2.75) is 25.9 Å². The molecule has 1 aliphatic rings. The molecule has 0 bridgehead atoms. The molecule has 0 spiro atoms. The maximum absolute atomic E-state index is 12.3. The number of hydrogen-bond acceptors (Lipinski definition) is 3. The first-order valence-electron chi connectivity index (χ1n) is 8.09. The molecule has 2 N–H and O–H groups in total. The van der Waals surface area contributed by atoms with Crippen LogP contribution < -0.4 is 10.2 Å². The van der Waals surface area contributed by atoms with Crippen molar-refractivity contribution < 1.29 is 9.90 Å². The van der Waals surface area contributed by atoms with Gasteiger partial charge in [0.2, 0.25) is 5.91 Å². The van der Waals surface area contributed by atoms with Crippen molar-refractivity contribution in [2.75, 3.05) is 22.6 Å². The van der Waals surface area contributed by atoms with E-state index in [9.17, 15) is 9.90 Å². The lowest BCUT2D eigenvalue weighted by molar-refractivity contribution is -0.115. The molecule has 2 aromatic carbocycles. The van der Waals surface area contributed by atoms with Crippen LogP contribution in [0, 0.1) is 0 Å². The van der Waals surface area contributed by atoms with Crippen LogP contribution >= 0.6 is 11.6 Å². The molecule has 0 aliphatic carbocycles. The topological polar surface area (TPSA) is 52.6 Å². The Hall–Kier alpha value is -2.04. The maximum Gasteiger partial charge on any atom is 0.228 e. The van der Waals surface area contributed by atoms with E-state index in [1.54, 1.807) is 11.8 Å². The third-order valence-corrected chi connectivity index (χ3v) is 4.61. The molecular weight excluding hydrogens is 324 g/mol. The fraction of sp³-hybridized carbons (Fsp3) is 0.316. The van der Waals surface area contributed by atoms with Gasteiger partial charge in [-0.25, -0.2) is 0 Å². The predicted molar refractivity (Wildman–Crippen MR) is 98.3 cm³/mol. The van der Waals surface area contributed by atoms with Gasteiger partial charge in [-0.2, -0.15) is 0 Å². The van der Waals surface area contributed by atoms with Gasteiger partial charge in [-0.05, 0) is 42.2 Å². The second-order valence-corrected chi connectivity index (χ2v) is 6.32. The summed E-state index contributed by atoms with van der Waals surface area (Å²) in [6.45, 7) is 1.96. The summed E-state index contributed by atoms with van der Waals surface area (Å²) < 4.78 is 0.